The molecule has 0 unspecified atom stereocenters. The van der Waals surface area contributed by atoms with Crippen LogP contribution in [0.2, 0.25) is 0 Å². The topological polar surface area (TPSA) is 72.8 Å². The molecule has 3 N–H and O–H groups in total. The predicted octanol–water partition coefficient (Wildman–Crippen LogP) is 0.848. The number of aliphatic hydroxyl groups excluding tert-OH is 1. The quantitative estimate of drug-likeness (QED) is 0.692. The van der Waals surface area contributed by atoms with Gasteiger partial charge in [0, 0.05) is 25.3 Å². The molecule has 0 aliphatic heterocycles. The highest BCUT2D eigenvalue weighted by atomic mass is 16.3. The first-order valence-electron chi connectivity index (χ1n) is 4.55. The minimum absolute atomic E-state index is 0.0794. The van der Waals surface area contributed by atoms with Crippen LogP contribution in [0.25, 0.3) is 0 Å². The number of aromatic hydroxyl groups is 1. The van der Waals surface area contributed by atoms with E-state index in [1.165, 1.54) is 17.0 Å². The van der Waals surface area contributed by atoms with Crippen molar-refractivity contribution in [2.24, 2.45) is 0 Å². The lowest BCUT2D eigenvalue weighted by Gasteiger charge is -2.16. The third-order valence-electron chi connectivity index (χ3n) is 1.88. The van der Waals surface area contributed by atoms with Crippen molar-refractivity contribution in [2.45, 2.75) is 0 Å². The molecule has 0 saturated heterocycles. The zero-order valence-corrected chi connectivity index (χ0v) is 8.47. The van der Waals surface area contributed by atoms with E-state index in [-0.39, 0.29) is 24.9 Å². The van der Waals surface area contributed by atoms with Crippen molar-refractivity contribution >= 4 is 11.7 Å². The van der Waals surface area contributed by atoms with E-state index >= 15 is 0 Å². The number of anilines is 1. The molecule has 0 saturated carbocycles. The van der Waals surface area contributed by atoms with E-state index in [1.807, 2.05) is 0 Å². The molecule has 0 aliphatic rings. The second-order valence-electron chi connectivity index (χ2n) is 3.13. The average Bonchev–Trinajstić information content (AvgIpc) is 2.18. The summed E-state index contributed by atoms with van der Waals surface area (Å²) < 4.78 is 0. The Hall–Kier alpha value is -1.75. The first kappa shape index (κ1) is 11.3. The van der Waals surface area contributed by atoms with Gasteiger partial charge in [0.2, 0.25) is 0 Å². The molecule has 0 radical (unpaired) electrons. The van der Waals surface area contributed by atoms with Crippen LogP contribution in [0.3, 0.4) is 0 Å². The van der Waals surface area contributed by atoms with Crippen LogP contribution in [0.5, 0.6) is 5.75 Å². The molecule has 0 heterocycles. The Bertz CT molecular complexity index is 341. The van der Waals surface area contributed by atoms with Crippen LogP contribution in [0.1, 0.15) is 0 Å². The third-order valence-corrected chi connectivity index (χ3v) is 1.88. The lowest BCUT2D eigenvalue weighted by atomic mass is 10.3. The van der Waals surface area contributed by atoms with Gasteiger partial charge in [0.15, 0.2) is 0 Å². The summed E-state index contributed by atoms with van der Waals surface area (Å²) in [6.45, 7) is 0.189. The number of urea groups is 1. The van der Waals surface area contributed by atoms with Gasteiger partial charge in [-0.1, -0.05) is 6.07 Å². The van der Waals surface area contributed by atoms with Crippen molar-refractivity contribution in [3.05, 3.63) is 24.3 Å². The van der Waals surface area contributed by atoms with Gasteiger partial charge in [0.05, 0.1) is 6.61 Å². The van der Waals surface area contributed by atoms with Gasteiger partial charge in [-0.3, -0.25) is 0 Å². The Kier molecular flexibility index (Phi) is 3.93. The van der Waals surface area contributed by atoms with Gasteiger partial charge in [0.1, 0.15) is 5.75 Å². The van der Waals surface area contributed by atoms with Crippen LogP contribution in [0.15, 0.2) is 24.3 Å². The molecule has 0 aromatic heterocycles. The molecule has 0 spiro atoms. The van der Waals surface area contributed by atoms with E-state index < -0.39 is 0 Å². The molecule has 0 fully saturated rings. The molecule has 5 heteroatoms. The normalized spacial score (nSPS) is 9.73. The number of rotatable bonds is 3. The second kappa shape index (κ2) is 5.21. The Labute approximate surface area is 88.0 Å². The molecule has 15 heavy (non-hydrogen) atoms. The predicted molar refractivity (Wildman–Crippen MR) is 56.8 cm³/mol. The summed E-state index contributed by atoms with van der Waals surface area (Å²) in [6.07, 6.45) is 0. The maximum Gasteiger partial charge on any atom is 0.321 e. The Morgan fingerprint density at radius 2 is 2.27 bits per heavy atom. The number of likely N-dealkylation sites (N-methyl/N-ethyl adjacent to an activating group) is 1. The Balaban J connectivity index is 2.58. The summed E-state index contributed by atoms with van der Waals surface area (Å²) >= 11 is 0. The summed E-state index contributed by atoms with van der Waals surface area (Å²) in [5, 5.41) is 20.4. The van der Waals surface area contributed by atoms with Crippen molar-refractivity contribution in [2.75, 3.05) is 25.5 Å². The second-order valence-corrected chi connectivity index (χ2v) is 3.13. The van der Waals surface area contributed by atoms with Gasteiger partial charge in [-0.15, -0.1) is 0 Å². The maximum absolute atomic E-state index is 11.4. The maximum atomic E-state index is 11.4. The van der Waals surface area contributed by atoms with E-state index in [0.717, 1.165) is 0 Å². The Morgan fingerprint density at radius 3 is 2.87 bits per heavy atom. The number of carbonyl (C=O) groups excluding carboxylic acids is 1. The zero-order chi connectivity index (χ0) is 11.3. The summed E-state index contributed by atoms with van der Waals surface area (Å²) in [7, 11) is 1.58. The lowest BCUT2D eigenvalue weighted by Crippen LogP contribution is -2.33. The van der Waals surface area contributed by atoms with Crippen molar-refractivity contribution in [1.82, 2.24) is 4.90 Å². The highest BCUT2D eigenvalue weighted by Gasteiger charge is 2.07. The van der Waals surface area contributed by atoms with Crippen LogP contribution < -0.4 is 5.32 Å². The smallest absolute Gasteiger partial charge is 0.321 e. The largest absolute Gasteiger partial charge is 0.508 e. The molecule has 1 rings (SSSR count). The zero-order valence-electron chi connectivity index (χ0n) is 8.47. The number of hydrogen-bond donors (Lipinski definition) is 3. The summed E-state index contributed by atoms with van der Waals surface area (Å²) in [5.74, 6) is 0.0950. The lowest BCUT2D eigenvalue weighted by molar-refractivity contribution is 0.202. The van der Waals surface area contributed by atoms with Crippen LogP contribution in [0, 0.1) is 0 Å². The van der Waals surface area contributed by atoms with Gasteiger partial charge >= 0.3 is 6.03 Å². The number of benzene rings is 1. The molecule has 1 aromatic rings. The van der Waals surface area contributed by atoms with Crippen LogP contribution in [-0.4, -0.2) is 41.3 Å². The first-order chi connectivity index (χ1) is 7.13. The molecule has 82 valence electrons. The van der Waals surface area contributed by atoms with Gasteiger partial charge in [-0.25, -0.2) is 4.79 Å². The molecule has 5 nitrogen and oxygen atoms in total. The molecular weight excluding hydrogens is 196 g/mol. The number of phenols is 1. The third kappa shape index (κ3) is 3.47. The van der Waals surface area contributed by atoms with Gasteiger partial charge in [0.25, 0.3) is 0 Å². The standard InChI is InChI=1S/C10H14N2O3/c1-12(5-6-13)10(15)11-8-3-2-4-9(14)7-8/h2-4,7,13-14H,5-6H2,1H3,(H,11,15). The van der Waals surface area contributed by atoms with E-state index in [0.29, 0.717) is 5.69 Å². The fourth-order valence-corrected chi connectivity index (χ4v) is 1.05. The molecule has 0 bridgehead atoms. The molecule has 0 aliphatic carbocycles. The summed E-state index contributed by atoms with van der Waals surface area (Å²) in [5.41, 5.74) is 0.518. The number of carbonyl (C=O) groups is 1. The number of nitrogens with zero attached hydrogens (tertiary/aromatic N) is 1. The van der Waals surface area contributed by atoms with Gasteiger partial charge in [-0.2, -0.15) is 0 Å². The number of aliphatic hydroxyl groups is 1. The van der Waals surface area contributed by atoms with Crippen molar-refractivity contribution in [1.29, 1.82) is 0 Å². The average molecular weight is 210 g/mol. The monoisotopic (exact) mass is 210 g/mol. The summed E-state index contributed by atoms with van der Waals surface area (Å²) in [4.78, 5) is 12.8. The number of phenolic OH excluding ortho intramolecular Hbond substituents is 1. The van der Waals surface area contributed by atoms with E-state index in [2.05, 4.69) is 5.32 Å². The van der Waals surface area contributed by atoms with Gasteiger partial charge in [-0.05, 0) is 12.1 Å². The fourth-order valence-electron chi connectivity index (χ4n) is 1.05. The molecule has 1 aromatic carbocycles. The van der Waals surface area contributed by atoms with E-state index in [9.17, 15) is 4.79 Å². The fraction of sp³-hybridized carbons (Fsp3) is 0.300. The van der Waals surface area contributed by atoms with Crippen LogP contribution >= 0.6 is 0 Å². The number of amides is 2. The first-order valence-corrected chi connectivity index (χ1v) is 4.55. The van der Waals surface area contributed by atoms with Crippen molar-refractivity contribution in [3.63, 3.8) is 0 Å². The van der Waals surface area contributed by atoms with Crippen LogP contribution in [0.4, 0.5) is 10.5 Å². The Morgan fingerprint density at radius 1 is 1.53 bits per heavy atom. The van der Waals surface area contributed by atoms with Crippen molar-refractivity contribution < 1.29 is 15.0 Å². The highest BCUT2D eigenvalue weighted by Crippen LogP contribution is 2.15. The number of nitrogens with one attached hydrogen (secondary N) is 1. The number of hydrogen-bond acceptors (Lipinski definition) is 3. The van der Waals surface area contributed by atoms with Crippen LogP contribution in [-0.2, 0) is 0 Å². The summed E-state index contributed by atoms with van der Waals surface area (Å²) in [6, 6.07) is 5.95. The molecule has 0 atom stereocenters. The van der Waals surface area contributed by atoms with E-state index in [4.69, 9.17) is 10.2 Å². The van der Waals surface area contributed by atoms with Gasteiger partial charge < -0.3 is 20.4 Å². The van der Waals surface area contributed by atoms with E-state index in [1.54, 1.807) is 19.2 Å². The highest BCUT2D eigenvalue weighted by molar-refractivity contribution is 5.89. The van der Waals surface area contributed by atoms with Crippen molar-refractivity contribution in [3.8, 4) is 5.75 Å². The SMILES string of the molecule is CN(CCO)C(=O)Nc1cccc(O)c1. The molecular formula is C10H14N2O3. The molecule has 2 amide bonds. The minimum atomic E-state index is -0.324. The minimum Gasteiger partial charge on any atom is -0.508 e.